The number of hydrogen-bond acceptors (Lipinski definition) is 2. The molecule has 128 valence electrons. The zero-order chi connectivity index (χ0) is 17.2. The third-order valence-electron chi connectivity index (χ3n) is 3.90. The van der Waals surface area contributed by atoms with E-state index < -0.39 is 0 Å². The van der Waals surface area contributed by atoms with Crippen LogP contribution in [0.3, 0.4) is 0 Å². The summed E-state index contributed by atoms with van der Waals surface area (Å²) >= 11 is 3.43. The lowest BCUT2D eigenvalue weighted by atomic mass is 10.1. The average molecular weight is 389 g/mol. The van der Waals surface area contributed by atoms with Crippen LogP contribution in [0, 0.1) is 0 Å². The summed E-state index contributed by atoms with van der Waals surface area (Å²) in [5.74, 6) is 0.924. The summed E-state index contributed by atoms with van der Waals surface area (Å²) in [6.45, 7) is 2.80. The summed E-state index contributed by atoms with van der Waals surface area (Å²) in [4.78, 5) is 18.9. The molecule has 0 saturated carbocycles. The molecule has 0 aliphatic carbocycles. The molecule has 2 aromatic rings. The maximum atomic E-state index is 12.6. The lowest BCUT2D eigenvalue weighted by molar-refractivity contribution is -0.118. The first-order chi connectivity index (χ1) is 11.8. The van der Waals surface area contributed by atoms with Crippen LogP contribution >= 0.6 is 15.9 Å². The number of rotatable bonds is 9. The Labute approximate surface area is 153 Å². The number of aromatic nitrogens is 1. The fraction of sp³-hybridized carbons (Fsp3) is 0.400. The number of alkyl halides is 1. The van der Waals surface area contributed by atoms with Gasteiger partial charge in [-0.1, -0.05) is 59.6 Å². The molecule has 1 amide bonds. The van der Waals surface area contributed by atoms with E-state index in [1.165, 1.54) is 0 Å². The van der Waals surface area contributed by atoms with E-state index in [1.807, 2.05) is 35.2 Å². The van der Waals surface area contributed by atoms with Gasteiger partial charge in [0.25, 0.3) is 0 Å². The molecule has 0 aliphatic rings. The van der Waals surface area contributed by atoms with E-state index in [1.54, 1.807) is 6.20 Å². The van der Waals surface area contributed by atoms with E-state index in [0.717, 1.165) is 48.0 Å². The van der Waals surface area contributed by atoms with Crippen LogP contribution in [0.5, 0.6) is 0 Å². The topological polar surface area (TPSA) is 33.2 Å². The van der Waals surface area contributed by atoms with Gasteiger partial charge >= 0.3 is 0 Å². The van der Waals surface area contributed by atoms with Gasteiger partial charge in [0, 0.05) is 24.5 Å². The molecule has 0 spiro atoms. The number of benzene rings is 1. The zero-order valence-electron chi connectivity index (χ0n) is 14.2. The molecular weight excluding hydrogens is 364 g/mol. The van der Waals surface area contributed by atoms with Crippen molar-refractivity contribution < 1.29 is 4.79 Å². The molecule has 1 aromatic heterocycles. The quantitative estimate of drug-likeness (QED) is 0.422. The minimum Gasteiger partial charge on any atom is -0.297 e. The highest BCUT2D eigenvalue weighted by Crippen LogP contribution is 2.23. The van der Waals surface area contributed by atoms with Crippen LogP contribution in [0.15, 0.2) is 48.7 Å². The predicted molar refractivity (Wildman–Crippen MR) is 105 cm³/mol. The van der Waals surface area contributed by atoms with Gasteiger partial charge in [-0.25, -0.2) is 4.98 Å². The van der Waals surface area contributed by atoms with Gasteiger partial charge in [-0.05, 0) is 42.5 Å². The summed E-state index contributed by atoms with van der Waals surface area (Å²) in [6.07, 6.45) is 6.42. The number of carbonyl (C=O) groups is 1. The molecule has 0 atom stereocenters. The molecule has 0 unspecified atom stereocenters. The Balaban J connectivity index is 2.14. The number of anilines is 1. The second-order valence-corrected chi connectivity index (χ2v) is 6.61. The third kappa shape index (κ3) is 5.45. The normalized spacial score (nSPS) is 10.6. The van der Waals surface area contributed by atoms with Gasteiger partial charge in [-0.3, -0.25) is 9.69 Å². The molecule has 0 bridgehead atoms. The first kappa shape index (κ1) is 18.7. The third-order valence-corrected chi connectivity index (χ3v) is 4.46. The van der Waals surface area contributed by atoms with Crippen LogP contribution in [0.4, 0.5) is 5.82 Å². The number of carbonyl (C=O) groups excluding carboxylic acids is 1. The molecular formula is C20H25BrN2O. The van der Waals surface area contributed by atoms with Crippen molar-refractivity contribution in [1.29, 1.82) is 0 Å². The van der Waals surface area contributed by atoms with Crippen LogP contribution in [0.2, 0.25) is 0 Å². The lowest BCUT2D eigenvalue weighted by Crippen LogP contribution is -2.32. The van der Waals surface area contributed by atoms with Gasteiger partial charge in [0.1, 0.15) is 5.82 Å². The molecule has 1 heterocycles. The smallest absolute Gasteiger partial charge is 0.228 e. The molecule has 0 aliphatic heterocycles. The van der Waals surface area contributed by atoms with Crippen molar-refractivity contribution in [1.82, 2.24) is 4.98 Å². The second-order valence-electron chi connectivity index (χ2n) is 5.81. The van der Waals surface area contributed by atoms with Crippen LogP contribution in [0.1, 0.15) is 39.0 Å². The Morgan fingerprint density at radius 3 is 2.58 bits per heavy atom. The molecule has 0 radical (unpaired) electrons. The number of halogens is 1. The van der Waals surface area contributed by atoms with Crippen LogP contribution < -0.4 is 4.90 Å². The number of pyridine rings is 1. The summed E-state index contributed by atoms with van der Waals surface area (Å²) in [6, 6.07) is 14.2. The molecule has 4 heteroatoms. The Hall–Kier alpha value is -1.68. The molecule has 0 fully saturated rings. The highest BCUT2D eigenvalue weighted by Gasteiger charge is 2.16. The van der Waals surface area contributed by atoms with E-state index in [4.69, 9.17) is 0 Å². The summed E-state index contributed by atoms with van der Waals surface area (Å²) in [5.41, 5.74) is 2.23. The Morgan fingerprint density at radius 1 is 1.08 bits per heavy atom. The van der Waals surface area contributed by atoms with Gasteiger partial charge in [0.15, 0.2) is 0 Å². The molecule has 24 heavy (non-hydrogen) atoms. The van der Waals surface area contributed by atoms with Crippen molar-refractivity contribution in [3.05, 3.63) is 48.7 Å². The minimum absolute atomic E-state index is 0.170. The lowest BCUT2D eigenvalue weighted by Gasteiger charge is -2.22. The molecule has 0 saturated heterocycles. The predicted octanol–water partition coefficient (Wildman–Crippen LogP) is 5.45. The second kappa shape index (κ2) is 10.2. The highest BCUT2D eigenvalue weighted by atomic mass is 79.9. The summed E-state index contributed by atoms with van der Waals surface area (Å²) in [7, 11) is 0. The fourth-order valence-corrected chi connectivity index (χ4v) is 3.05. The number of nitrogens with zero attached hydrogens (tertiary/aromatic N) is 2. The summed E-state index contributed by atoms with van der Waals surface area (Å²) < 4.78 is 0. The van der Waals surface area contributed by atoms with Crippen LogP contribution in [-0.2, 0) is 4.79 Å². The van der Waals surface area contributed by atoms with Crippen LogP contribution in [-0.4, -0.2) is 22.8 Å². The Morgan fingerprint density at radius 2 is 1.88 bits per heavy atom. The van der Waals surface area contributed by atoms with Gasteiger partial charge in [0.05, 0.1) is 0 Å². The van der Waals surface area contributed by atoms with Crippen molar-refractivity contribution in [3.63, 3.8) is 0 Å². The van der Waals surface area contributed by atoms with E-state index in [0.29, 0.717) is 13.0 Å². The van der Waals surface area contributed by atoms with Gasteiger partial charge < -0.3 is 0 Å². The standard InChI is InChI=1S/C20H25BrN2O/c1-2-15-23(20(24)11-7-4-8-13-21)19-16-18(12-14-22-19)17-9-5-3-6-10-17/h3,5-6,9-10,12,14,16H,2,4,7-8,11,13,15H2,1H3. The largest absolute Gasteiger partial charge is 0.297 e. The maximum absolute atomic E-state index is 12.6. The number of amides is 1. The SMILES string of the molecule is CCCN(C(=O)CCCCCBr)c1cc(-c2ccccc2)ccn1. The van der Waals surface area contributed by atoms with E-state index >= 15 is 0 Å². The molecule has 3 nitrogen and oxygen atoms in total. The van der Waals surface area contributed by atoms with Crippen LogP contribution in [0.25, 0.3) is 11.1 Å². The maximum Gasteiger partial charge on any atom is 0.228 e. The number of hydrogen-bond donors (Lipinski definition) is 0. The molecule has 1 aromatic carbocycles. The van der Waals surface area contributed by atoms with Crippen molar-refractivity contribution in [2.75, 3.05) is 16.8 Å². The van der Waals surface area contributed by atoms with Crippen molar-refractivity contribution >= 4 is 27.7 Å². The first-order valence-electron chi connectivity index (χ1n) is 8.64. The zero-order valence-corrected chi connectivity index (χ0v) is 15.8. The van der Waals surface area contributed by atoms with Gasteiger partial charge in [-0.2, -0.15) is 0 Å². The van der Waals surface area contributed by atoms with E-state index in [9.17, 15) is 4.79 Å². The average Bonchev–Trinajstić information content (AvgIpc) is 2.64. The van der Waals surface area contributed by atoms with Crippen molar-refractivity contribution in [2.24, 2.45) is 0 Å². The summed E-state index contributed by atoms with van der Waals surface area (Å²) in [5, 5.41) is 1.00. The van der Waals surface area contributed by atoms with Gasteiger partial charge in [0.2, 0.25) is 5.91 Å². The Bertz CT molecular complexity index is 631. The monoisotopic (exact) mass is 388 g/mol. The highest BCUT2D eigenvalue weighted by molar-refractivity contribution is 9.09. The van der Waals surface area contributed by atoms with Crippen molar-refractivity contribution in [3.8, 4) is 11.1 Å². The molecule has 2 rings (SSSR count). The molecule has 0 N–H and O–H groups in total. The Kier molecular flexibility index (Phi) is 7.96. The fourth-order valence-electron chi connectivity index (χ4n) is 2.65. The number of unbranched alkanes of at least 4 members (excludes halogenated alkanes) is 2. The first-order valence-corrected chi connectivity index (χ1v) is 9.76. The minimum atomic E-state index is 0.170. The van der Waals surface area contributed by atoms with E-state index in [-0.39, 0.29) is 5.91 Å². The van der Waals surface area contributed by atoms with E-state index in [2.05, 4.69) is 40.0 Å². The van der Waals surface area contributed by atoms with Gasteiger partial charge in [-0.15, -0.1) is 0 Å². The van der Waals surface area contributed by atoms with Crippen molar-refractivity contribution in [2.45, 2.75) is 39.0 Å².